The summed E-state index contributed by atoms with van der Waals surface area (Å²) in [6, 6.07) is 0. The van der Waals surface area contributed by atoms with Gasteiger partial charge in [-0.3, -0.25) is 14.4 Å². The van der Waals surface area contributed by atoms with E-state index in [0.717, 1.165) is 19.3 Å². The van der Waals surface area contributed by atoms with Gasteiger partial charge in [-0.05, 0) is 110 Å². The Morgan fingerprint density at radius 3 is 2.29 bits per heavy atom. The topological polar surface area (TPSA) is 80.7 Å². The Morgan fingerprint density at radius 2 is 1.66 bits per heavy atom. The van der Waals surface area contributed by atoms with Gasteiger partial charge < -0.3 is 9.84 Å². The molecule has 0 unspecified atom stereocenters. The number of carboxylic acids is 1. The van der Waals surface area contributed by atoms with Crippen LogP contribution in [0, 0.1) is 56.7 Å². The monoisotopic (exact) mass is 526 g/mol. The van der Waals surface area contributed by atoms with Gasteiger partial charge in [-0.2, -0.15) is 0 Å². The highest BCUT2D eigenvalue weighted by Gasteiger charge is 2.72. The lowest BCUT2D eigenvalue weighted by Crippen LogP contribution is -2.68. The van der Waals surface area contributed by atoms with Crippen molar-refractivity contribution in [2.24, 2.45) is 56.7 Å². The van der Waals surface area contributed by atoms with E-state index in [9.17, 15) is 19.5 Å². The summed E-state index contributed by atoms with van der Waals surface area (Å²) >= 11 is 0. The average Bonchev–Trinajstić information content (AvgIpc) is 2.84. The number of ketones is 1. The zero-order valence-electron chi connectivity index (χ0n) is 25.0. The molecule has 0 spiro atoms. The summed E-state index contributed by atoms with van der Waals surface area (Å²) in [6.45, 7) is 17.8. The minimum atomic E-state index is -1.21. The molecular weight excluding hydrogens is 476 g/mol. The number of allylic oxidation sites excluding steroid dienone is 2. The average molecular weight is 527 g/mol. The van der Waals surface area contributed by atoms with Gasteiger partial charge in [-0.1, -0.05) is 54.0 Å². The minimum Gasteiger partial charge on any atom is -0.481 e. The highest BCUT2D eigenvalue weighted by atomic mass is 16.5. The maximum Gasteiger partial charge on any atom is 0.313 e. The molecule has 0 aliphatic heterocycles. The van der Waals surface area contributed by atoms with Crippen LogP contribution in [0.4, 0.5) is 0 Å². The first-order valence-electron chi connectivity index (χ1n) is 15.3. The summed E-state index contributed by atoms with van der Waals surface area (Å²) in [6.07, 6.45) is 9.22. The second-order valence-corrected chi connectivity index (χ2v) is 15.2. The van der Waals surface area contributed by atoms with E-state index in [1.54, 1.807) is 13.8 Å². The molecule has 0 amide bonds. The van der Waals surface area contributed by atoms with Crippen LogP contribution in [-0.4, -0.2) is 28.9 Å². The Morgan fingerprint density at radius 1 is 0.974 bits per heavy atom. The smallest absolute Gasteiger partial charge is 0.313 e. The van der Waals surface area contributed by atoms with E-state index < -0.39 is 22.9 Å². The van der Waals surface area contributed by atoms with Crippen LogP contribution >= 0.6 is 0 Å². The molecule has 0 heterocycles. The molecule has 5 nitrogen and oxygen atoms in total. The van der Waals surface area contributed by atoms with Crippen LogP contribution in [-0.2, 0) is 19.1 Å². The lowest BCUT2D eigenvalue weighted by Gasteiger charge is -2.70. The minimum absolute atomic E-state index is 0.0692. The fraction of sp³-hybridized carbons (Fsp3) is 0.848. The van der Waals surface area contributed by atoms with Crippen LogP contribution < -0.4 is 0 Å². The van der Waals surface area contributed by atoms with E-state index in [2.05, 4.69) is 47.6 Å². The number of esters is 1. The molecule has 212 valence electrons. The van der Waals surface area contributed by atoms with Crippen molar-refractivity contribution in [1.82, 2.24) is 0 Å². The second kappa shape index (κ2) is 8.67. The van der Waals surface area contributed by atoms with Gasteiger partial charge in [0, 0.05) is 12.3 Å². The standard InChI is InChI=1S/C33H50O5/c1-9-25(35)38-24-12-14-30(5)23(33(24,8)28(36)37)11-15-32(7)27(30)22(34)18-21-26-20(3)19(2)10-13-29(26,4)16-17-31(21,32)6/h18-20,23-24,26-27H,9-17H2,1-8H3,(H,36,37)/t19-,20+,23-,24+,26+,27-,29-,30+,31-,32-,33-/m1/s1. The first-order valence-corrected chi connectivity index (χ1v) is 15.3. The molecule has 4 fully saturated rings. The summed E-state index contributed by atoms with van der Waals surface area (Å²) in [4.78, 5) is 39.6. The van der Waals surface area contributed by atoms with Crippen LogP contribution in [0.5, 0.6) is 0 Å². The van der Waals surface area contributed by atoms with E-state index in [-0.39, 0.29) is 46.3 Å². The van der Waals surface area contributed by atoms with Gasteiger partial charge in [0.15, 0.2) is 5.78 Å². The van der Waals surface area contributed by atoms with E-state index in [0.29, 0.717) is 30.6 Å². The summed E-state index contributed by atoms with van der Waals surface area (Å²) in [5.74, 6) is 0.172. The van der Waals surface area contributed by atoms with E-state index in [4.69, 9.17) is 4.74 Å². The number of hydrogen-bond donors (Lipinski definition) is 1. The van der Waals surface area contributed by atoms with Crippen LogP contribution in [0.1, 0.15) is 113 Å². The van der Waals surface area contributed by atoms with Gasteiger partial charge in [0.05, 0.1) is 0 Å². The van der Waals surface area contributed by atoms with Crippen molar-refractivity contribution in [1.29, 1.82) is 0 Å². The summed E-state index contributed by atoms with van der Waals surface area (Å²) in [5, 5.41) is 10.6. The number of aliphatic carboxylic acids is 1. The van der Waals surface area contributed by atoms with Crippen molar-refractivity contribution in [3.05, 3.63) is 11.6 Å². The predicted molar refractivity (Wildman–Crippen MR) is 147 cm³/mol. The van der Waals surface area contributed by atoms with Crippen LogP contribution in [0.3, 0.4) is 0 Å². The zero-order chi connectivity index (χ0) is 28.1. The van der Waals surface area contributed by atoms with Gasteiger partial charge in [0.2, 0.25) is 0 Å². The molecule has 5 rings (SSSR count). The van der Waals surface area contributed by atoms with Gasteiger partial charge in [0.1, 0.15) is 11.5 Å². The highest BCUT2D eigenvalue weighted by Crippen LogP contribution is 2.75. The number of carbonyl (C=O) groups is 3. The van der Waals surface area contributed by atoms with Crippen LogP contribution in [0.15, 0.2) is 11.6 Å². The normalized spacial score (nSPS) is 52.0. The van der Waals surface area contributed by atoms with Crippen molar-refractivity contribution in [3.8, 4) is 0 Å². The zero-order valence-corrected chi connectivity index (χ0v) is 25.0. The summed E-state index contributed by atoms with van der Waals surface area (Å²) in [7, 11) is 0. The highest BCUT2D eigenvalue weighted by molar-refractivity contribution is 5.96. The second-order valence-electron chi connectivity index (χ2n) is 15.2. The molecule has 5 heteroatoms. The molecule has 0 bridgehead atoms. The van der Waals surface area contributed by atoms with Gasteiger partial charge in [-0.25, -0.2) is 0 Å². The largest absolute Gasteiger partial charge is 0.481 e. The fourth-order valence-electron chi connectivity index (χ4n) is 11.1. The molecule has 4 saturated carbocycles. The lowest BCUT2D eigenvalue weighted by atomic mass is 9.33. The van der Waals surface area contributed by atoms with Gasteiger partial charge >= 0.3 is 11.9 Å². The first kappa shape index (κ1) is 27.9. The maximum absolute atomic E-state index is 14.4. The molecule has 0 saturated heterocycles. The van der Waals surface area contributed by atoms with Gasteiger partial charge in [0.25, 0.3) is 0 Å². The van der Waals surface area contributed by atoms with E-state index in [1.807, 2.05) is 0 Å². The third kappa shape index (κ3) is 3.38. The quantitative estimate of drug-likeness (QED) is 0.392. The Hall–Kier alpha value is -1.65. The molecule has 5 aliphatic carbocycles. The van der Waals surface area contributed by atoms with Crippen molar-refractivity contribution < 1.29 is 24.2 Å². The number of fused-ring (bicyclic) bond motifs is 7. The Balaban J connectivity index is 1.60. The van der Waals surface area contributed by atoms with E-state index >= 15 is 0 Å². The third-order valence-electron chi connectivity index (χ3n) is 13.8. The number of ether oxygens (including phenoxy) is 1. The summed E-state index contributed by atoms with van der Waals surface area (Å²) in [5.41, 5.74) is -0.284. The third-order valence-corrected chi connectivity index (χ3v) is 13.8. The van der Waals surface area contributed by atoms with Crippen molar-refractivity contribution in [3.63, 3.8) is 0 Å². The molecule has 0 aromatic carbocycles. The van der Waals surface area contributed by atoms with Crippen molar-refractivity contribution in [2.75, 3.05) is 0 Å². The van der Waals surface area contributed by atoms with Crippen LogP contribution in [0.2, 0.25) is 0 Å². The fourth-order valence-corrected chi connectivity index (χ4v) is 11.1. The molecule has 1 N–H and O–H groups in total. The van der Waals surface area contributed by atoms with E-state index in [1.165, 1.54) is 24.8 Å². The number of carbonyl (C=O) groups excluding carboxylic acids is 2. The van der Waals surface area contributed by atoms with Crippen LogP contribution in [0.25, 0.3) is 0 Å². The van der Waals surface area contributed by atoms with Gasteiger partial charge in [-0.15, -0.1) is 0 Å². The Bertz CT molecular complexity index is 1080. The molecule has 11 atom stereocenters. The molecule has 0 radical (unpaired) electrons. The first-order chi connectivity index (χ1) is 17.6. The molecular formula is C33H50O5. The Kier molecular flexibility index (Phi) is 6.37. The number of rotatable bonds is 3. The molecule has 5 aliphatic rings. The summed E-state index contributed by atoms with van der Waals surface area (Å²) < 4.78 is 5.78. The Labute approximate surface area is 229 Å². The van der Waals surface area contributed by atoms with Crippen molar-refractivity contribution in [2.45, 2.75) is 119 Å². The lowest BCUT2D eigenvalue weighted by molar-refractivity contribution is -0.221. The van der Waals surface area contributed by atoms with Crippen molar-refractivity contribution >= 4 is 17.7 Å². The number of hydrogen-bond acceptors (Lipinski definition) is 4. The SMILES string of the molecule is CCC(=O)O[C@H]1CC[C@@]2(C)[C@@H](CC[C@]3(C)[C@@H]2C(=O)C=C2[C@@H]4[C@@H](C)[C@H](C)CC[C@]4(C)CC[C@]23C)[C@@]1(C)C(=O)O. The maximum atomic E-state index is 14.4. The number of carboxylic acid groups (broad SMARTS) is 1. The predicted octanol–water partition coefficient (Wildman–Crippen LogP) is 7.23. The molecule has 0 aromatic rings. The molecule has 0 aromatic heterocycles. The molecule has 38 heavy (non-hydrogen) atoms.